The third kappa shape index (κ3) is 3.85. The number of aromatic amines is 1. The van der Waals surface area contributed by atoms with Crippen LogP contribution in [0.2, 0.25) is 5.02 Å². The number of nitrogens with one attached hydrogen (secondary N) is 2. The topological polar surface area (TPSA) is 76.2 Å². The van der Waals surface area contributed by atoms with Gasteiger partial charge in [-0.1, -0.05) is 11.6 Å². The molecule has 0 unspecified atom stereocenters. The van der Waals surface area contributed by atoms with Gasteiger partial charge in [-0.25, -0.2) is 4.79 Å². The van der Waals surface area contributed by atoms with Crippen LogP contribution in [0.15, 0.2) is 30.5 Å². The van der Waals surface area contributed by atoms with Crippen LogP contribution in [0.1, 0.15) is 31.1 Å². The van der Waals surface area contributed by atoms with E-state index in [1.807, 2.05) is 39.0 Å². The second kappa shape index (κ2) is 7.12. The summed E-state index contributed by atoms with van der Waals surface area (Å²) in [4.78, 5) is 20.0. The molecular weight excluding hydrogens is 366 g/mol. The Morgan fingerprint density at radius 2 is 1.96 bits per heavy atom. The van der Waals surface area contributed by atoms with Crippen molar-refractivity contribution in [3.8, 4) is 17.0 Å². The van der Waals surface area contributed by atoms with Crippen LogP contribution in [0, 0.1) is 0 Å². The van der Waals surface area contributed by atoms with Crippen molar-refractivity contribution >= 4 is 34.3 Å². The Balaban J connectivity index is 2.14. The molecule has 0 amide bonds. The zero-order valence-electron chi connectivity index (χ0n) is 15.9. The quantitative estimate of drug-likeness (QED) is 0.623. The summed E-state index contributed by atoms with van der Waals surface area (Å²) < 4.78 is 10.9. The van der Waals surface area contributed by atoms with Gasteiger partial charge in [0.15, 0.2) is 0 Å². The molecule has 2 N–H and O–H groups in total. The smallest absolute Gasteiger partial charge is 0.340 e. The van der Waals surface area contributed by atoms with Gasteiger partial charge in [0.25, 0.3) is 0 Å². The highest BCUT2D eigenvalue weighted by atomic mass is 35.5. The van der Waals surface area contributed by atoms with Crippen molar-refractivity contribution < 1.29 is 14.3 Å². The van der Waals surface area contributed by atoms with Crippen LogP contribution in [0.4, 0.5) is 5.82 Å². The lowest BCUT2D eigenvalue weighted by Crippen LogP contribution is -2.23. The molecule has 2 heterocycles. The van der Waals surface area contributed by atoms with E-state index in [4.69, 9.17) is 21.1 Å². The Bertz CT molecular complexity index is 1010. The first-order valence-electron chi connectivity index (χ1n) is 8.50. The van der Waals surface area contributed by atoms with Gasteiger partial charge in [0.2, 0.25) is 5.88 Å². The largest absolute Gasteiger partial charge is 0.480 e. The molecule has 0 bridgehead atoms. The van der Waals surface area contributed by atoms with Gasteiger partial charge in [-0.3, -0.25) is 0 Å². The maximum Gasteiger partial charge on any atom is 0.340 e. The van der Waals surface area contributed by atoms with Crippen molar-refractivity contribution in [2.24, 2.45) is 0 Å². The standard InChI is InChI=1S/C20H22ClN3O3/c1-20(2,3)27-19(25)14-10-23-16-9-15(21)12(8-13(14)16)11-6-7-17(22-4)24-18(11)26-5/h6-10,23H,1-5H3,(H,22,24). The second-order valence-electron chi connectivity index (χ2n) is 7.09. The SMILES string of the molecule is CNc1ccc(-c2cc3c(C(=O)OC(C)(C)C)c[nH]c3cc2Cl)c(OC)n1. The minimum atomic E-state index is -0.577. The highest BCUT2D eigenvalue weighted by Gasteiger charge is 2.22. The number of pyridine rings is 1. The minimum absolute atomic E-state index is 0.391. The van der Waals surface area contributed by atoms with E-state index < -0.39 is 11.6 Å². The van der Waals surface area contributed by atoms with Gasteiger partial charge in [-0.15, -0.1) is 0 Å². The molecule has 0 aliphatic rings. The van der Waals surface area contributed by atoms with E-state index in [9.17, 15) is 4.79 Å². The summed E-state index contributed by atoms with van der Waals surface area (Å²) in [5, 5.41) is 4.23. The molecule has 2 aromatic heterocycles. The first-order chi connectivity index (χ1) is 12.7. The molecule has 27 heavy (non-hydrogen) atoms. The molecule has 0 saturated heterocycles. The van der Waals surface area contributed by atoms with Crippen LogP contribution >= 0.6 is 11.6 Å². The molecule has 0 saturated carbocycles. The molecule has 0 aliphatic carbocycles. The number of rotatable bonds is 4. The van der Waals surface area contributed by atoms with Crippen molar-refractivity contribution in [3.63, 3.8) is 0 Å². The van der Waals surface area contributed by atoms with E-state index in [0.717, 1.165) is 22.0 Å². The van der Waals surface area contributed by atoms with Gasteiger partial charge in [0.1, 0.15) is 11.4 Å². The number of nitrogens with zero attached hydrogens (tertiary/aromatic N) is 1. The van der Waals surface area contributed by atoms with Gasteiger partial charge < -0.3 is 19.8 Å². The fraction of sp³-hybridized carbons (Fsp3) is 0.300. The molecule has 3 rings (SSSR count). The maximum atomic E-state index is 12.6. The number of aromatic nitrogens is 2. The zero-order valence-corrected chi connectivity index (χ0v) is 16.7. The van der Waals surface area contributed by atoms with Crippen LogP contribution in [-0.2, 0) is 4.74 Å². The monoisotopic (exact) mass is 387 g/mol. The minimum Gasteiger partial charge on any atom is -0.480 e. The van der Waals surface area contributed by atoms with Crippen molar-refractivity contribution in [3.05, 3.63) is 41.0 Å². The number of H-pyrrole nitrogens is 1. The summed E-state index contributed by atoms with van der Waals surface area (Å²) in [5.74, 6) is 0.735. The summed E-state index contributed by atoms with van der Waals surface area (Å²) >= 11 is 6.50. The maximum absolute atomic E-state index is 12.6. The molecule has 0 fully saturated rings. The van der Waals surface area contributed by atoms with E-state index in [-0.39, 0.29) is 0 Å². The molecule has 0 atom stereocenters. The second-order valence-corrected chi connectivity index (χ2v) is 7.49. The third-order valence-electron chi connectivity index (χ3n) is 3.99. The van der Waals surface area contributed by atoms with Crippen LogP contribution in [0.5, 0.6) is 5.88 Å². The molecule has 0 radical (unpaired) electrons. The zero-order chi connectivity index (χ0) is 19.8. The lowest BCUT2D eigenvalue weighted by atomic mass is 10.0. The first-order valence-corrected chi connectivity index (χ1v) is 8.88. The Morgan fingerprint density at radius 3 is 2.59 bits per heavy atom. The van der Waals surface area contributed by atoms with Crippen molar-refractivity contribution in [2.45, 2.75) is 26.4 Å². The number of benzene rings is 1. The van der Waals surface area contributed by atoms with Crippen LogP contribution in [-0.4, -0.2) is 35.7 Å². The van der Waals surface area contributed by atoms with Crippen molar-refractivity contribution in [2.75, 3.05) is 19.5 Å². The van der Waals surface area contributed by atoms with Crippen LogP contribution in [0.3, 0.4) is 0 Å². The Morgan fingerprint density at radius 1 is 1.22 bits per heavy atom. The highest BCUT2D eigenvalue weighted by Crippen LogP contribution is 2.38. The molecule has 3 aromatic rings. The van der Waals surface area contributed by atoms with E-state index in [2.05, 4.69) is 15.3 Å². The number of esters is 1. The lowest BCUT2D eigenvalue weighted by Gasteiger charge is -2.19. The van der Waals surface area contributed by atoms with Gasteiger partial charge in [0.05, 0.1) is 17.7 Å². The number of carbonyl (C=O) groups excluding carboxylic acids is 1. The molecular formula is C20H22ClN3O3. The number of ether oxygens (including phenoxy) is 2. The normalized spacial score (nSPS) is 11.5. The number of anilines is 1. The van der Waals surface area contributed by atoms with Gasteiger partial charge >= 0.3 is 5.97 Å². The molecule has 142 valence electrons. The predicted octanol–water partition coefficient (Wildman–Crippen LogP) is 4.89. The summed E-state index contributed by atoms with van der Waals surface area (Å²) in [6.07, 6.45) is 1.64. The number of carbonyl (C=O) groups is 1. The van der Waals surface area contributed by atoms with Crippen molar-refractivity contribution in [1.82, 2.24) is 9.97 Å². The average molecular weight is 388 g/mol. The van der Waals surface area contributed by atoms with Gasteiger partial charge in [-0.2, -0.15) is 4.98 Å². The van der Waals surface area contributed by atoms with E-state index >= 15 is 0 Å². The van der Waals surface area contributed by atoms with Gasteiger partial charge in [-0.05, 0) is 45.0 Å². The van der Waals surface area contributed by atoms with Gasteiger partial charge in [0, 0.05) is 35.3 Å². The Labute approximate surface area is 162 Å². The fourth-order valence-corrected chi connectivity index (χ4v) is 3.06. The lowest BCUT2D eigenvalue weighted by molar-refractivity contribution is 0.00719. The van der Waals surface area contributed by atoms with E-state index in [0.29, 0.717) is 22.3 Å². The number of halogens is 1. The highest BCUT2D eigenvalue weighted by molar-refractivity contribution is 6.34. The van der Waals surface area contributed by atoms with Crippen LogP contribution in [0.25, 0.3) is 22.0 Å². The van der Waals surface area contributed by atoms with E-state index in [1.165, 1.54) is 0 Å². The number of hydrogen-bond donors (Lipinski definition) is 2. The predicted molar refractivity (Wildman–Crippen MR) is 108 cm³/mol. The molecule has 0 aliphatic heterocycles. The summed E-state index contributed by atoms with van der Waals surface area (Å²) in [5.41, 5.74) is 2.09. The molecule has 6 nitrogen and oxygen atoms in total. The number of methoxy groups -OCH3 is 1. The van der Waals surface area contributed by atoms with Crippen LogP contribution < -0.4 is 10.1 Å². The average Bonchev–Trinajstić information content (AvgIpc) is 3.01. The van der Waals surface area contributed by atoms with Crippen molar-refractivity contribution in [1.29, 1.82) is 0 Å². The van der Waals surface area contributed by atoms with E-state index in [1.54, 1.807) is 26.4 Å². The molecule has 0 spiro atoms. The third-order valence-corrected chi connectivity index (χ3v) is 4.30. The Kier molecular flexibility index (Phi) is 5.02. The fourth-order valence-electron chi connectivity index (χ4n) is 2.79. The summed E-state index contributed by atoms with van der Waals surface area (Å²) in [6.45, 7) is 5.51. The Hall–Kier alpha value is -2.73. The number of hydrogen-bond acceptors (Lipinski definition) is 5. The molecule has 1 aromatic carbocycles. The first kappa shape index (κ1) is 19.0. The number of fused-ring (bicyclic) bond motifs is 1. The summed E-state index contributed by atoms with van der Waals surface area (Å²) in [7, 11) is 3.34. The molecule has 7 heteroatoms. The summed E-state index contributed by atoms with van der Waals surface area (Å²) in [6, 6.07) is 7.35.